The molecule has 2 aromatic heterocycles. The number of sulfonamides is 1. The second-order valence-electron chi connectivity index (χ2n) is 9.07. The summed E-state index contributed by atoms with van der Waals surface area (Å²) in [4.78, 5) is 10.3. The van der Waals surface area contributed by atoms with Crippen molar-refractivity contribution in [2.45, 2.75) is 24.0 Å². The second kappa shape index (κ2) is 10.3. The number of anilines is 1. The van der Waals surface area contributed by atoms with Gasteiger partial charge in [-0.1, -0.05) is 11.2 Å². The van der Waals surface area contributed by atoms with Gasteiger partial charge in [0, 0.05) is 55.8 Å². The Morgan fingerprint density at radius 2 is 1.76 bits per heavy atom. The molecule has 13 heteroatoms. The van der Waals surface area contributed by atoms with E-state index in [-0.39, 0.29) is 16.5 Å². The van der Waals surface area contributed by atoms with Crippen LogP contribution in [0.25, 0.3) is 22.2 Å². The third-order valence-electron chi connectivity index (χ3n) is 6.43. The SMILES string of the molecule is C[C@@H](CN1CCN(S(=O)(=O)c2ccc(-c3ccno3)cc2)CC1)Nc1ncnc2c(C(F)(F)F)cccc12. The number of fused-ring (bicyclic) bond motifs is 1. The highest BCUT2D eigenvalue weighted by atomic mass is 32.2. The first-order valence-electron chi connectivity index (χ1n) is 11.9. The molecule has 2 aromatic carbocycles. The smallest absolute Gasteiger partial charge is 0.366 e. The fourth-order valence-electron chi connectivity index (χ4n) is 4.56. The first kappa shape index (κ1) is 26.1. The average Bonchev–Trinajstić information content (AvgIpc) is 3.44. The maximum Gasteiger partial charge on any atom is 0.418 e. The van der Waals surface area contributed by atoms with E-state index in [1.165, 1.54) is 16.6 Å². The van der Waals surface area contributed by atoms with E-state index < -0.39 is 21.8 Å². The van der Waals surface area contributed by atoms with Crippen molar-refractivity contribution in [3.63, 3.8) is 0 Å². The van der Waals surface area contributed by atoms with Crippen molar-refractivity contribution >= 4 is 26.7 Å². The lowest BCUT2D eigenvalue weighted by Crippen LogP contribution is -2.50. The highest BCUT2D eigenvalue weighted by Gasteiger charge is 2.34. The van der Waals surface area contributed by atoms with Gasteiger partial charge >= 0.3 is 6.18 Å². The van der Waals surface area contributed by atoms with Crippen molar-refractivity contribution in [2.24, 2.45) is 0 Å². The summed E-state index contributed by atoms with van der Waals surface area (Å²) in [6, 6.07) is 11.9. The number of nitrogens with zero attached hydrogens (tertiary/aromatic N) is 5. The summed E-state index contributed by atoms with van der Waals surface area (Å²) in [6.07, 6.45) is -1.88. The fourth-order valence-corrected chi connectivity index (χ4v) is 5.98. The molecule has 5 rings (SSSR count). The van der Waals surface area contributed by atoms with Crippen molar-refractivity contribution < 1.29 is 26.1 Å². The normalized spacial score (nSPS) is 16.5. The Bertz CT molecular complexity index is 1500. The van der Waals surface area contributed by atoms with E-state index in [4.69, 9.17) is 4.52 Å². The number of aromatic nitrogens is 3. The molecule has 0 unspecified atom stereocenters. The minimum atomic E-state index is -4.52. The molecule has 0 bridgehead atoms. The number of benzene rings is 2. The molecule has 200 valence electrons. The van der Waals surface area contributed by atoms with Crippen molar-refractivity contribution in [2.75, 3.05) is 38.0 Å². The Labute approximate surface area is 217 Å². The molecule has 0 amide bonds. The summed E-state index contributed by atoms with van der Waals surface area (Å²) in [6.45, 7) is 4.15. The van der Waals surface area contributed by atoms with Crippen LogP contribution >= 0.6 is 0 Å². The average molecular weight is 547 g/mol. The Morgan fingerprint density at radius 3 is 2.42 bits per heavy atom. The quantitative estimate of drug-likeness (QED) is 0.369. The van der Waals surface area contributed by atoms with Crippen LogP contribution in [0, 0.1) is 0 Å². The number of rotatable bonds is 7. The number of hydrogen-bond acceptors (Lipinski definition) is 8. The van der Waals surface area contributed by atoms with Gasteiger partial charge in [0.15, 0.2) is 5.76 Å². The van der Waals surface area contributed by atoms with Gasteiger partial charge in [-0.3, -0.25) is 4.90 Å². The molecule has 1 atom stereocenters. The predicted molar refractivity (Wildman–Crippen MR) is 135 cm³/mol. The van der Waals surface area contributed by atoms with Gasteiger partial charge in [0.2, 0.25) is 10.0 Å². The lowest BCUT2D eigenvalue weighted by molar-refractivity contribution is -0.136. The van der Waals surface area contributed by atoms with Crippen LogP contribution in [0.3, 0.4) is 0 Å². The van der Waals surface area contributed by atoms with Crippen molar-refractivity contribution in [1.29, 1.82) is 0 Å². The molecule has 1 N–H and O–H groups in total. The molecule has 0 aliphatic carbocycles. The Kier molecular flexibility index (Phi) is 7.07. The van der Waals surface area contributed by atoms with Crippen LogP contribution in [0.15, 0.2) is 70.5 Å². The van der Waals surface area contributed by atoms with Crippen molar-refractivity contribution in [1.82, 2.24) is 24.3 Å². The van der Waals surface area contributed by atoms with Crippen LogP contribution in [0.4, 0.5) is 19.0 Å². The van der Waals surface area contributed by atoms with E-state index in [1.54, 1.807) is 36.4 Å². The summed E-state index contributed by atoms with van der Waals surface area (Å²) in [7, 11) is -3.65. The lowest BCUT2D eigenvalue weighted by Gasteiger charge is -2.35. The van der Waals surface area contributed by atoms with E-state index in [0.29, 0.717) is 49.7 Å². The zero-order valence-electron chi connectivity index (χ0n) is 20.4. The molecule has 1 aliphatic heterocycles. The molecule has 1 fully saturated rings. The monoisotopic (exact) mass is 546 g/mol. The van der Waals surface area contributed by atoms with Crippen LogP contribution in [0.1, 0.15) is 12.5 Å². The van der Waals surface area contributed by atoms with E-state index in [9.17, 15) is 21.6 Å². The number of alkyl halides is 3. The van der Waals surface area contributed by atoms with Crippen LogP contribution in [0.2, 0.25) is 0 Å². The molecule has 0 saturated carbocycles. The Hall–Kier alpha value is -3.55. The van der Waals surface area contributed by atoms with Crippen molar-refractivity contribution in [3.05, 3.63) is 66.6 Å². The second-order valence-corrected chi connectivity index (χ2v) is 11.0. The number of nitrogens with one attached hydrogen (secondary N) is 1. The standard InChI is InChI=1S/C25H25F3N6O3S/c1-17(32-24-20-3-2-4-21(25(26,27)28)23(20)29-16-30-24)15-33-11-13-34(14-12-33)38(35,36)19-7-5-18(6-8-19)22-9-10-31-37-22/h2-10,16-17H,11-15H2,1H3,(H,29,30,32)/t17-/m0/s1. The lowest BCUT2D eigenvalue weighted by atomic mass is 10.1. The number of piperazine rings is 1. The predicted octanol–water partition coefficient (Wildman–Crippen LogP) is 4.11. The summed E-state index contributed by atoms with van der Waals surface area (Å²) in [5, 5.41) is 7.14. The maximum absolute atomic E-state index is 13.4. The third kappa shape index (κ3) is 5.35. The molecular formula is C25H25F3N6O3S. The number of hydrogen-bond donors (Lipinski definition) is 1. The Balaban J connectivity index is 1.20. The molecule has 38 heavy (non-hydrogen) atoms. The fraction of sp³-hybridized carbons (Fsp3) is 0.320. The minimum absolute atomic E-state index is 0.155. The first-order valence-corrected chi connectivity index (χ1v) is 13.4. The van der Waals surface area contributed by atoms with Crippen LogP contribution < -0.4 is 5.32 Å². The summed E-state index contributed by atoms with van der Waals surface area (Å²) >= 11 is 0. The molecule has 3 heterocycles. The number of halogens is 3. The van der Waals surface area contributed by atoms with E-state index in [0.717, 1.165) is 18.0 Å². The molecule has 0 spiro atoms. The van der Waals surface area contributed by atoms with Crippen molar-refractivity contribution in [3.8, 4) is 11.3 Å². The molecular weight excluding hydrogens is 521 g/mol. The van der Waals surface area contributed by atoms with Gasteiger partial charge in [-0.25, -0.2) is 18.4 Å². The largest absolute Gasteiger partial charge is 0.418 e. The van der Waals surface area contributed by atoms with Crippen LogP contribution in [-0.4, -0.2) is 71.5 Å². The number of para-hydroxylation sites is 1. The molecule has 1 aliphatic rings. The molecule has 9 nitrogen and oxygen atoms in total. The molecule has 1 saturated heterocycles. The molecule has 0 radical (unpaired) electrons. The van der Waals surface area contributed by atoms with Gasteiger partial charge in [-0.15, -0.1) is 0 Å². The topological polar surface area (TPSA) is 104 Å². The Morgan fingerprint density at radius 1 is 1.03 bits per heavy atom. The molecule has 4 aromatic rings. The van der Waals surface area contributed by atoms with Gasteiger partial charge < -0.3 is 9.84 Å². The van der Waals surface area contributed by atoms with Gasteiger partial charge in [-0.05, 0) is 43.3 Å². The van der Waals surface area contributed by atoms with Gasteiger partial charge in [-0.2, -0.15) is 17.5 Å². The highest BCUT2D eigenvalue weighted by Crippen LogP contribution is 2.35. The first-order chi connectivity index (χ1) is 18.1. The summed E-state index contributed by atoms with van der Waals surface area (Å²) in [5.41, 5.74) is -0.228. The van der Waals surface area contributed by atoms with Crippen LogP contribution in [0.5, 0.6) is 0 Å². The maximum atomic E-state index is 13.4. The van der Waals surface area contributed by atoms with Gasteiger partial charge in [0.1, 0.15) is 12.1 Å². The van der Waals surface area contributed by atoms with E-state index in [2.05, 4.69) is 25.3 Å². The third-order valence-corrected chi connectivity index (χ3v) is 8.34. The van der Waals surface area contributed by atoms with E-state index in [1.807, 2.05) is 6.92 Å². The van der Waals surface area contributed by atoms with Crippen LogP contribution in [-0.2, 0) is 16.2 Å². The zero-order chi connectivity index (χ0) is 26.9. The zero-order valence-corrected chi connectivity index (χ0v) is 21.2. The highest BCUT2D eigenvalue weighted by molar-refractivity contribution is 7.89. The minimum Gasteiger partial charge on any atom is -0.366 e. The summed E-state index contributed by atoms with van der Waals surface area (Å²) in [5.74, 6) is 0.879. The van der Waals surface area contributed by atoms with Gasteiger partial charge in [0.05, 0.1) is 22.2 Å². The van der Waals surface area contributed by atoms with E-state index >= 15 is 0 Å². The van der Waals surface area contributed by atoms with Gasteiger partial charge in [0.25, 0.3) is 0 Å². The summed E-state index contributed by atoms with van der Waals surface area (Å²) < 4.78 is 73.0.